The first-order chi connectivity index (χ1) is 15.0. The summed E-state index contributed by atoms with van der Waals surface area (Å²) in [6, 6.07) is 26.2. The van der Waals surface area contributed by atoms with Crippen LogP contribution in [0.5, 0.6) is 5.75 Å². The van der Waals surface area contributed by atoms with Gasteiger partial charge in [-0.1, -0.05) is 42.0 Å². The quantitative estimate of drug-likeness (QED) is 0.283. The molecular weight excluding hydrogens is 403 g/mol. The van der Waals surface area contributed by atoms with Crippen molar-refractivity contribution >= 4 is 10.9 Å². The van der Waals surface area contributed by atoms with Crippen molar-refractivity contribution in [3.63, 3.8) is 0 Å². The fraction of sp³-hybridized carbons (Fsp3) is 0.286. The van der Waals surface area contributed by atoms with Crippen molar-refractivity contribution in [2.75, 3.05) is 0 Å². The topological polar surface area (TPSA) is 9.23 Å². The van der Waals surface area contributed by atoms with E-state index in [-0.39, 0.29) is 22.3 Å². The van der Waals surface area contributed by atoms with Gasteiger partial charge in [0.2, 0.25) is 0 Å². The van der Waals surface area contributed by atoms with E-state index in [4.69, 9.17) is 4.74 Å². The second-order valence-corrected chi connectivity index (χ2v) is 10.5. The van der Waals surface area contributed by atoms with Crippen LogP contribution in [0.4, 0.5) is 4.39 Å². The van der Waals surface area contributed by atoms with Crippen LogP contribution < -0.4 is 4.74 Å². The minimum absolute atomic E-state index is 0.283. The highest BCUT2D eigenvalue weighted by Gasteiger charge is 2.39. The van der Waals surface area contributed by atoms with Gasteiger partial charge in [-0.25, -0.2) is 4.39 Å². The normalized spacial score (nSPS) is 15.1. The van der Waals surface area contributed by atoms with Crippen molar-refractivity contribution < 1.29 is 9.13 Å². The van der Waals surface area contributed by atoms with Gasteiger partial charge in [-0.2, -0.15) is 0 Å². The zero-order valence-electron chi connectivity index (χ0n) is 18.5. The molecule has 31 heavy (non-hydrogen) atoms. The molecule has 0 spiro atoms. The Morgan fingerprint density at radius 3 is 1.81 bits per heavy atom. The zero-order valence-corrected chi connectivity index (χ0v) is 19.3. The van der Waals surface area contributed by atoms with E-state index in [9.17, 15) is 0 Å². The standard InChI is InChI=1S/C28H30FOS/c1-21(2)22(3)28(18-10-11-19-28)30-27-17-16-25(20-26(27)29)31(23-12-6-4-7-13-23)24-14-8-5-9-15-24/h4-9,12-17,20H,10-11,18-19H2,1-3H3/q+1. The maximum atomic E-state index is 15.4. The number of benzene rings is 3. The molecule has 0 heterocycles. The van der Waals surface area contributed by atoms with Crippen LogP contribution in [-0.4, -0.2) is 5.60 Å². The Morgan fingerprint density at radius 1 is 0.774 bits per heavy atom. The van der Waals surface area contributed by atoms with Gasteiger partial charge in [0, 0.05) is 6.07 Å². The number of allylic oxidation sites excluding steroid dienone is 1. The van der Waals surface area contributed by atoms with Crippen LogP contribution in [-0.2, 0) is 10.9 Å². The van der Waals surface area contributed by atoms with Gasteiger partial charge < -0.3 is 4.74 Å². The highest BCUT2D eigenvalue weighted by Crippen LogP contribution is 2.42. The molecule has 0 N–H and O–H groups in total. The molecule has 1 aliphatic carbocycles. The molecule has 0 atom stereocenters. The molecule has 3 aromatic rings. The van der Waals surface area contributed by atoms with Crippen LogP contribution in [0, 0.1) is 5.82 Å². The van der Waals surface area contributed by atoms with Crippen molar-refractivity contribution in [2.45, 2.75) is 66.7 Å². The van der Waals surface area contributed by atoms with Crippen molar-refractivity contribution in [3.8, 4) is 5.75 Å². The summed E-state index contributed by atoms with van der Waals surface area (Å²) in [6.07, 6.45) is 4.14. The number of halogens is 1. The summed E-state index contributed by atoms with van der Waals surface area (Å²) >= 11 is 0. The average molecular weight is 434 g/mol. The summed E-state index contributed by atoms with van der Waals surface area (Å²) < 4.78 is 21.8. The van der Waals surface area contributed by atoms with Gasteiger partial charge in [0.15, 0.2) is 26.3 Å². The Labute approximate surface area is 188 Å². The van der Waals surface area contributed by atoms with Gasteiger partial charge >= 0.3 is 0 Å². The molecule has 0 unspecified atom stereocenters. The summed E-state index contributed by atoms with van der Waals surface area (Å²) in [4.78, 5) is 3.31. The highest BCUT2D eigenvalue weighted by molar-refractivity contribution is 7.97. The summed E-state index contributed by atoms with van der Waals surface area (Å²) in [5.41, 5.74) is 2.12. The van der Waals surface area contributed by atoms with Crippen molar-refractivity contribution in [3.05, 3.63) is 95.8 Å². The molecule has 0 aliphatic heterocycles. The van der Waals surface area contributed by atoms with Crippen LogP contribution in [0.2, 0.25) is 0 Å². The molecule has 0 radical (unpaired) electrons. The van der Waals surface area contributed by atoms with Gasteiger partial charge in [0.25, 0.3) is 0 Å². The fourth-order valence-electron chi connectivity index (χ4n) is 4.38. The van der Waals surface area contributed by atoms with Crippen LogP contribution in [0.15, 0.2) is 105 Å². The first-order valence-electron chi connectivity index (χ1n) is 11.0. The second kappa shape index (κ2) is 9.32. The number of ether oxygens (including phenoxy) is 1. The number of hydrogen-bond donors (Lipinski definition) is 0. The Hall–Kier alpha value is -2.52. The summed E-state index contributed by atoms with van der Waals surface area (Å²) in [5, 5.41) is 0. The first kappa shape index (κ1) is 21.7. The molecule has 1 saturated carbocycles. The highest BCUT2D eigenvalue weighted by atomic mass is 32.2. The molecule has 0 aromatic heterocycles. The van der Waals surface area contributed by atoms with Gasteiger partial charge in [-0.3, -0.25) is 0 Å². The van der Waals surface area contributed by atoms with Gasteiger partial charge in [-0.05, 0) is 88.4 Å². The maximum absolute atomic E-state index is 15.4. The number of rotatable bonds is 6. The molecule has 3 heteroatoms. The van der Waals surface area contributed by atoms with E-state index in [0.717, 1.165) is 30.6 Å². The summed E-state index contributed by atoms with van der Waals surface area (Å²) in [7, 11) is -0.369. The smallest absolute Gasteiger partial charge is 0.170 e. The predicted octanol–water partition coefficient (Wildman–Crippen LogP) is 7.97. The summed E-state index contributed by atoms with van der Waals surface area (Å²) in [5.74, 6) is 0.0746. The van der Waals surface area contributed by atoms with E-state index in [0.29, 0.717) is 5.75 Å². The minimum atomic E-state index is -0.373. The van der Waals surface area contributed by atoms with Crippen molar-refractivity contribution in [1.29, 1.82) is 0 Å². The molecular formula is C28H30FOS+. The molecule has 1 nitrogen and oxygen atoms in total. The van der Waals surface area contributed by atoms with Crippen molar-refractivity contribution in [2.24, 2.45) is 0 Å². The van der Waals surface area contributed by atoms with Gasteiger partial charge in [0.05, 0.1) is 10.9 Å². The third kappa shape index (κ3) is 4.57. The molecule has 4 rings (SSSR count). The van der Waals surface area contributed by atoms with E-state index < -0.39 is 0 Å². The van der Waals surface area contributed by atoms with Gasteiger partial charge in [0.1, 0.15) is 5.60 Å². The average Bonchev–Trinajstić information content (AvgIpc) is 3.26. The largest absolute Gasteiger partial charge is 0.480 e. The Balaban J connectivity index is 1.71. The maximum Gasteiger partial charge on any atom is 0.170 e. The van der Waals surface area contributed by atoms with Crippen LogP contribution >= 0.6 is 0 Å². The third-order valence-electron chi connectivity index (χ3n) is 6.25. The van der Waals surface area contributed by atoms with E-state index in [1.54, 1.807) is 6.07 Å². The fourth-order valence-corrected chi connectivity index (χ4v) is 6.48. The molecule has 160 valence electrons. The Bertz CT molecular complexity index is 1010. The Kier molecular flexibility index (Phi) is 6.52. The lowest BCUT2D eigenvalue weighted by Gasteiger charge is -2.32. The third-order valence-corrected chi connectivity index (χ3v) is 8.46. The first-order valence-corrected chi connectivity index (χ1v) is 12.2. The van der Waals surface area contributed by atoms with Crippen LogP contribution in [0.1, 0.15) is 46.5 Å². The van der Waals surface area contributed by atoms with E-state index in [1.807, 2.05) is 48.5 Å². The van der Waals surface area contributed by atoms with Gasteiger partial charge in [-0.15, -0.1) is 0 Å². The molecule has 1 fully saturated rings. The Morgan fingerprint density at radius 2 is 1.32 bits per heavy atom. The zero-order chi connectivity index (χ0) is 21.8. The molecule has 0 amide bonds. The molecule has 0 bridgehead atoms. The monoisotopic (exact) mass is 433 g/mol. The van der Waals surface area contributed by atoms with Crippen molar-refractivity contribution in [1.82, 2.24) is 0 Å². The van der Waals surface area contributed by atoms with Crippen LogP contribution in [0.3, 0.4) is 0 Å². The number of hydrogen-bond acceptors (Lipinski definition) is 1. The second-order valence-electron chi connectivity index (χ2n) is 8.45. The lowest BCUT2D eigenvalue weighted by molar-refractivity contribution is 0.108. The van der Waals surface area contributed by atoms with E-state index >= 15 is 4.39 Å². The predicted molar refractivity (Wildman–Crippen MR) is 127 cm³/mol. The molecule has 3 aromatic carbocycles. The van der Waals surface area contributed by atoms with E-state index in [2.05, 4.69) is 45.0 Å². The summed E-state index contributed by atoms with van der Waals surface area (Å²) in [6.45, 7) is 6.36. The molecule has 1 aliphatic rings. The van der Waals surface area contributed by atoms with Crippen LogP contribution in [0.25, 0.3) is 0 Å². The molecule has 0 saturated heterocycles. The lowest BCUT2D eigenvalue weighted by atomic mass is 9.89. The van der Waals surface area contributed by atoms with E-state index in [1.165, 1.54) is 20.9 Å². The SMILES string of the molecule is CC(C)=C(C)C1(Oc2ccc([S+](c3ccccc3)c3ccccc3)cc2F)CCCC1. The minimum Gasteiger partial charge on any atom is -0.480 e. The lowest BCUT2D eigenvalue weighted by Crippen LogP contribution is -2.35.